The van der Waals surface area contributed by atoms with E-state index < -0.39 is 11.6 Å². The number of rotatable bonds is 0. The molecule has 4 heteroatoms. The minimum absolute atomic E-state index is 0. The van der Waals surface area contributed by atoms with Crippen molar-refractivity contribution in [1.82, 2.24) is 0 Å². The Hall–Kier alpha value is 0.196. The van der Waals surface area contributed by atoms with Gasteiger partial charge in [-0.2, -0.15) is 18.6 Å². The first-order valence-corrected chi connectivity index (χ1v) is 2.47. The van der Waals surface area contributed by atoms with E-state index in [0.717, 1.165) is 12.1 Å². The van der Waals surface area contributed by atoms with Gasteiger partial charge in [0.2, 0.25) is 0 Å². The minimum Gasteiger partial charge on any atom is -1.00 e. The van der Waals surface area contributed by atoms with Crippen LogP contribution in [0.1, 0.15) is 5.56 Å². The van der Waals surface area contributed by atoms with Gasteiger partial charge in [0.15, 0.2) is 0 Å². The van der Waals surface area contributed by atoms with E-state index in [1.54, 1.807) is 0 Å². The molecule has 0 spiro atoms. The van der Waals surface area contributed by atoms with E-state index in [2.05, 4.69) is 6.92 Å². The zero-order valence-electron chi connectivity index (χ0n) is 5.78. The molecule has 0 fully saturated rings. The maximum Gasteiger partial charge on any atom is 2.00 e. The summed E-state index contributed by atoms with van der Waals surface area (Å²) in [6.45, 7) is 3.42. The van der Waals surface area contributed by atoms with Crippen molar-refractivity contribution >= 4 is 23.1 Å². The van der Waals surface area contributed by atoms with Gasteiger partial charge in [-0.3, -0.25) is 0 Å². The summed E-state index contributed by atoms with van der Waals surface area (Å²) in [6.07, 6.45) is 0. The second-order valence-corrected chi connectivity index (χ2v) is 1.75. The molecule has 0 radical (unpaired) electrons. The van der Waals surface area contributed by atoms with Crippen LogP contribution in [0, 0.1) is 18.6 Å². The molecule has 0 saturated heterocycles. The predicted octanol–water partition coefficient (Wildman–Crippen LogP) is -1.23. The van der Waals surface area contributed by atoms with Crippen LogP contribution in [0.4, 0.5) is 8.78 Å². The Morgan fingerprint density at radius 3 is 2.00 bits per heavy atom. The summed E-state index contributed by atoms with van der Waals surface area (Å²) < 4.78 is 24.3. The van der Waals surface area contributed by atoms with Crippen LogP contribution in [0.15, 0.2) is 18.2 Å². The molecule has 0 aliphatic heterocycles. The molecule has 0 atom stereocenters. The molecule has 0 saturated carbocycles. The van der Waals surface area contributed by atoms with Crippen LogP contribution >= 0.6 is 0 Å². The summed E-state index contributed by atoms with van der Waals surface area (Å²) in [4.78, 5) is 0. The number of hydrogen-bond donors (Lipinski definition) is 0. The smallest absolute Gasteiger partial charge is 1.00 e. The SMILES string of the molecule is [Br-].[CH2-]c1ccc(F)c(F)c1.[Mg+2]. The second kappa shape index (κ2) is 5.80. The van der Waals surface area contributed by atoms with E-state index >= 15 is 0 Å². The zero-order chi connectivity index (χ0) is 6.85. The summed E-state index contributed by atoms with van der Waals surface area (Å²) in [5.41, 5.74) is 0.480. The topological polar surface area (TPSA) is 0 Å². The largest absolute Gasteiger partial charge is 2.00 e. The molecule has 0 bridgehead atoms. The average Bonchev–Trinajstić information content (AvgIpc) is 1.80. The number of benzene rings is 1. The summed E-state index contributed by atoms with van der Waals surface area (Å²) in [6, 6.07) is 3.52. The van der Waals surface area contributed by atoms with Gasteiger partial charge in [0.05, 0.1) is 0 Å². The molecule has 56 valence electrons. The third kappa shape index (κ3) is 3.93. The standard InChI is InChI=1S/C7H5F2.BrH.Mg/c1-5-2-3-6(8)7(9)4-5;;/h2-4H,1H2;1H;/q-1;;+2/p-1. The molecule has 1 rings (SSSR count). The van der Waals surface area contributed by atoms with Crippen molar-refractivity contribution in [2.75, 3.05) is 0 Å². The van der Waals surface area contributed by atoms with E-state index in [1.807, 2.05) is 0 Å². The predicted molar refractivity (Wildman–Crippen MR) is 36.6 cm³/mol. The molecule has 1 aromatic rings. The molecule has 0 nitrogen and oxygen atoms in total. The Morgan fingerprint density at radius 2 is 1.64 bits per heavy atom. The Balaban J connectivity index is 0. The first kappa shape index (κ1) is 13.8. The van der Waals surface area contributed by atoms with E-state index in [9.17, 15) is 8.78 Å². The maximum atomic E-state index is 12.2. The average molecular weight is 231 g/mol. The van der Waals surface area contributed by atoms with E-state index in [1.165, 1.54) is 6.07 Å². The first-order valence-electron chi connectivity index (χ1n) is 2.47. The van der Waals surface area contributed by atoms with Crippen LogP contribution < -0.4 is 17.0 Å². The number of hydrogen-bond acceptors (Lipinski definition) is 0. The minimum atomic E-state index is -0.845. The van der Waals surface area contributed by atoms with Gasteiger partial charge in [-0.05, 0) is 0 Å². The van der Waals surface area contributed by atoms with Crippen molar-refractivity contribution in [2.24, 2.45) is 0 Å². The molecule has 0 unspecified atom stereocenters. The molecule has 0 aliphatic carbocycles. The van der Waals surface area contributed by atoms with Crippen molar-refractivity contribution in [1.29, 1.82) is 0 Å². The van der Waals surface area contributed by atoms with Gasteiger partial charge in [-0.25, -0.2) is 8.78 Å². The molecule has 0 aliphatic rings. The molecule has 1 aromatic carbocycles. The summed E-state index contributed by atoms with van der Waals surface area (Å²) >= 11 is 0. The molecule has 0 heterocycles. The monoisotopic (exact) mass is 230 g/mol. The Bertz CT molecular complexity index is 228. The fourth-order valence-electron chi connectivity index (χ4n) is 0.540. The third-order valence-electron chi connectivity index (χ3n) is 0.984. The fraction of sp³-hybridized carbons (Fsp3) is 0. The molecular formula is C7H5BrF2Mg. The van der Waals surface area contributed by atoms with Gasteiger partial charge in [0.1, 0.15) is 11.6 Å². The molecule has 11 heavy (non-hydrogen) atoms. The molecule has 0 aromatic heterocycles. The maximum absolute atomic E-state index is 12.2. The van der Waals surface area contributed by atoms with Crippen molar-refractivity contribution in [3.05, 3.63) is 42.3 Å². The van der Waals surface area contributed by atoms with Crippen LogP contribution in [-0.4, -0.2) is 23.1 Å². The van der Waals surface area contributed by atoms with Crippen LogP contribution in [0.3, 0.4) is 0 Å². The Morgan fingerprint density at radius 1 is 1.09 bits per heavy atom. The van der Waals surface area contributed by atoms with Crippen molar-refractivity contribution < 1.29 is 25.8 Å². The Kier molecular flexibility index (Phi) is 7.25. The summed E-state index contributed by atoms with van der Waals surface area (Å²) in [5, 5.41) is 0. The van der Waals surface area contributed by atoms with Crippen molar-refractivity contribution in [3.8, 4) is 0 Å². The fourth-order valence-corrected chi connectivity index (χ4v) is 0.540. The van der Waals surface area contributed by atoms with Gasteiger partial charge in [0.25, 0.3) is 0 Å². The van der Waals surface area contributed by atoms with Crippen molar-refractivity contribution in [2.45, 2.75) is 0 Å². The Labute approximate surface area is 90.9 Å². The van der Waals surface area contributed by atoms with Gasteiger partial charge in [-0.1, -0.05) is 6.07 Å². The van der Waals surface area contributed by atoms with E-state index in [-0.39, 0.29) is 40.0 Å². The zero-order valence-corrected chi connectivity index (χ0v) is 8.78. The third-order valence-corrected chi connectivity index (χ3v) is 0.984. The van der Waals surface area contributed by atoms with Crippen LogP contribution in [0.25, 0.3) is 0 Å². The normalized spacial score (nSPS) is 7.82. The number of halogens is 3. The first-order chi connectivity index (χ1) is 4.20. The molecule has 0 N–H and O–H groups in total. The van der Waals surface area contributed by atoms with Crippen molar-refractivity contribution in [3.63, 3.8) is 0 Å². The van der Waals surface area contributed by atoms with Crippen LogP contribution in [-0.2, 0) is 0 Å². The van der Waals surface area contributed by atoms with Gasteiger partial charge in [0, 0.05) is 0 Å². The van der Waals surface area contributed by atoms with Crippen LogP contribution in [0.5, 0.6) is 0 Å². The molecule has 0 amide bonds. The van der Waals surface area contributed by atoms with Gasteiger partial charge in [-0.15, -0.1) is 6.07 Å². The van der Waals surface area contributed by atoms with E-state index in [4.69, 9.17) is 0 Å². The molecular weight excluding hydrogens is 226 g/mol. The van der Waals surface area contributed by atoms with Crippen LogP contribution in [0.2, 0.25) is 0 Å². The summed E-state index contributed by atoms with van der Waals surface area (Å²) in [5.74, 6) is -1.68. The summed E-state index contributed by atoms with van der Waals surface area (Å²) in [7, 11) is 0. The van der Waals surface area contributed by atoms with Gasteiger partial charge >= 0.3 is 23.1 Å². The quantitative estimate of drug-likeness (QED) is 0.387. The van der Waals surface area contributed by atoms with Gasteiger partial charge < -0.3 is 17.0 Å². The second-order valence-electron chi connectivity index (χ2n) is 1.75. The van der Waals surface area contributed by atoms with E-state index in [0.29, 0.717) is 5.56 Å².